The van der Waals surface area contributed by atoms with Crippen LogP contribution in [0, 0.1) is 17.0 Å². The van der Waals surface area contributed by atoms with Gasteiger partial charge in [-0.05, 0) is 18.6 Å². The molecular formula is C10H12ClNO4. The van der Waals surface area contributed by atoms with Crippen molar-refractivity contribution in [3.63, 3.8) is 0 Å². The summed E-state index contributed by atoms with van der Waals surface area (Å²) in [4.78, 5) is 10.4. The maximum atomic E-state index is 10.9. The number of hydrogen-bond donors (Lipinski definition) is 0. The zero-order valence-electron chi connectivity index (χ0n) is 9.19. The summed E-state index contributed by atoms with van der Waals surface area (Å²) >= 11 is 5.91. The summed E-state index contributed by atoms with van der Waals surface area (Å²) in [5.41, 5.74) is 0.893. The van der Waals surface area contributed by atoms with Gasteiger partial charge < -0.3 is 9.47 Å². The van der Waals surface area contributed by atoms with Crippen molar-refractivity contribution in [3.8, 4) is 0 Å². The van der Waals surface area contributed by atoms with Crippen molar-refractivity contribution < 1.29 is 14.4 Å². The van der Waals surface area contributed by atoms with Gasteiger partial charge in [-0.25, -0.2) is 0 Å². The van der Waals surface area contributed by atoms with E-state index < -0.39 is 11.2 Å². The Kier molecular flexibility index (Phi) is 4.23. The van der Waals surface area contributed by atoms with Crippen LogP contribution < -0.4 is 0 Å². The lowest BCUT2D eigenvalue weighted by atomic mass is 10.1. The lowest BCUT2D eigenvalue weighted by Crippen LogP contribution is -2.07. The molecule has 0 amide bonds. The molecule has 0 aliphatic rings. The molecule has 1 rings (SSSR count). The lowest BCUT2D eigenvalue weighted by molar-refractivity contribution is -0.387. The van der Waals surface area contributed by atoms with Crippen LogP contribution >= 0.6 is 11.6 Å². The van der Waals surface area contributed by atoms with Crippen molar-refractivity contribution in [1.29, 1.82) is 0 Å². The normalized spacial score (nSPS) is 10.8. The predicted octanol–water partition coefficient (Wildman–Crippen LogP) is 2.85. The molecule has 16 heavy (non-hydrogen) atoms. The Morgan fingerprint density at radius 1 is 1.38 bits per heavy atom. The Bertz CT molecular complexity index is 404. The molecule has 0 N–H and O–H groups in total. The number of nitro groups is 1. The van der Waals surface area contributed by atoms with E-state index >= 15 is 0 Å². The Morgan fingerprint density at radius 2 is 1.94 bits per heavy atom. The maximum Gasteiger partial charge on any atom is 0.278 e. The van der Waals surface area contributed by atoms with E-state index in [9.17, 15) is 10.1 Å². The number of methoxy groups -OCH3 is 2. The first-order chi connectivity index (χ1) is 7.51. The van der Waals surface area contributed by atoms with Gasteiger partial charge in [-0.1, -0.05) is 11.6 Å². The van der Waals surface area contributed by atoms with Crippen molar-refractivity contribution in [3.05, 3.63) is 38.4 Å². The van der Waals surface area contributed by atoms with Crippen LogP contribution in [0.15, 0.2) is 12.1 Å². The second kappa shape index (κ2) is 5.25. The Balaban J connectivity index is 3.34. The second-order valence-corrected chi connectivity index (χ2v) is 3.63. The van der Waals surface area contributed by atoms with E-state index in [1.54, 1.807) is 6.92 Å². The van der Waals surface area contributed by atoms with Crippen molar-refractivity contribution in [1.82, 2.24) is 0 Å². The number of nitrogens with zero attached hydrogens (tertiary/aromatic N) is 1. The highest BCUT2D eigenvalue weighted by atomic mass is 35.5. The average Bonchev–Trinajstić information content (AvgIpc) is 2.24. The number of halogens is 1. The first-order valence-electron chi connectivity index (χ1n) is 4.51. The highest BCUT2D eigenvalue weighted by Crippen LogP contribution is 2.32. The number of hydrogen-bond acceptors (Lipinski definition) is 4. The largest absolute Gasteiger partial charge is 0.351 e. The SMILES string of the molecule is COC(OC)c1cc(Cl)c(C)cc1[N+](=O)[O-]. The molecule has 0 radical (unpaired) electrons. The van der Waals surface area contributed by atoms with E-state index in [1.807, 2.05) is 0 Å². The number of benzene rings is 1. The smallest absolute Gasteiger partial charge is 0.278 e. The number of ether oxygens (including phenoxy) is 2. The first-order valence-corrected chi connectivity index (χ1v) is 4.89. The van der Waals surface area contributed by atoms with Gasteiger partial charge in [0.15, 0.2) is 6.29 Å². The fraction of sp³-hybridized carbons (Fsp3) is 0.400. The minimum Gasteiger partial charge on any atom is -0.351 e. The van der Waals surface area contributed by atoms with Crippen LogP contribution in [-0.2, 0) is 9.47 Å². The van der Waals surface area contributed by atoms with Crippen LogP contribution in [0.2, 0.25) is 5.02 Å². The molecule has 6 heteroatoms. The fourth-order valence-corrected chi connectivity index (χ4v) is 1.55. The van der Waals surface area contributed by atoms with Gasteiger partial charge in [-0.3, -0.25) is 10.1 Å². The van der Waals surface area contributed by atoms with E-state index in [0.29, 0.717) is 16.1 Å². The fourth-order valence-electron chi connectivity index (χ4n) is 1.38. The summed E-state index contributed by atoms with van der Waals surface area (Å²) in [7, 11) is 2.82. The van der Waals surface area contributed by atoms with Crippen LogP contribution in [0.4, 0.5) is 5.69 Å². The molecule has 1 aromatic rings. The van der Waals surface area contributed by atoms with E-state index in [1.165, 1.54) is 26.4 Å². The van der Waals surface area contributed by atoms with Gasteiger partial charge in [-0.2, -0.15) is 0 Å². The van der Waals surface area contributed by atoms with Crippen LogP contribution in [0.25, 0.3) is 0 Å². The third-order valence-corrected chi connectivity index (χ3v) is 2.59. The molecule has 0 bridgehead atoms. The maximum absolute atomic E-state index is 10.9. The molecule has 0 saturated heterocycles. The third-order valence-electron chi connectivity index (χ3n) is 2.19. The molecule has 0 unspecified atom stereocenters. The van der Waals surface area contributed by atoms with Crippen LogP contribution in [0.3, 0.4) is 0 Å². The summed E-state index contributed by atoms with van der Waals surface area (Å²) in [6.45, 7) is 1.70. The average molecular weight is 246 g/mol. The van der Waals surface area contributed by atoms with Gasteiger partial charge in [0, 0.05) is 25.3 Å². The summed E-state index contributed by atoms with van der Waals surface area (Å²) in [5, 5.41) is 11.3. The molecule has 0 aromatic heterocycles. The van der Waals surface area contributed by atoms with Gasteiger partial charge in [0.1, 0.15) is 0 Å². The lowest BCUT2D eigenvalue weighted by Gasteiger charge is -2.14. The van der Waals surface area contributed by atoms with Crippen molar-refractivity contribution in [2.45, 2.75) is 13.2 Å². The van der Waals surface area contributed by atoms with E-state index in [-0.39, 0.29) is 5.69 Å². The Hall–Kier alpha value is -1.17. The molecule has 1 aromatic carbocycles. The third kappa shape index (κ3) is 2.49. The standard InChI is InChI=1S/C10H12ClNO4/c1-6-4-9(12(13)14)7(5-8(6)11)10(15-2)16-3/h4-5,10H,1-3H3. The van der Waals surface area contributed by atoms with Gasteiger partial charge in [0.2, 0.25) is 0 Å². The Morgan fingerprint density at radius 3 is 2.38 bits per heavy atom. The number of aryl methyl sites for hydroxylation is 1. The summed E-state index contributed by atoms with van der Waals surface area (Å²) < 4.78 is 9.97. The zero-order valence-corrected chi connectivity index (χ0v) is 9.95. The summed E-state index contributed by atoms with van der Waals surface area (Å²) in [6, 6.07) is 2.90. The van der Waals surface area contributed by atoms with Gasteiger partial charge in [-0.15, -0.1) is 0 Å². The second-order valence-electron chi connectivity index (χ2n) is 3.22. The minimum atomic E-state index is -0.793. The monoisotopic (exact) mass is 245 g/mol. The minimum absolute atomic E-state index is 0.0596. The predicted molar refractivity (Wildman–Crippen MR) is 59.6 cm³/mol. The van der Waals surface area contributed by atoms with E-state index in [2.05, 4.69) is 0 Å². The summed E-state index contributed by atoms with van der Waals surface area (Å²) in [5.74, 6) is 0. The molecule has 0 fully saturated rings. The van der Waals surface area contributed by atoms with Crippen LogP contribution in [0.5, 0.6) is 0 Å². The van der Waals surface area contributed by atoms with Gasteiger partial charge in [0.05, 0.1) is 10.5 Å². The first kappa shape index (κ1) is 12.9. The molecule has 0 atom stereocenters. The van der Waals surface area contributed by atoms with Gasteiger partial charge in [0.25, 0.3) is 5.69 Å². The van der Waals surface area contributed by atoms with Crippen molar-refractivity contribution >= 4 is 17.3 Å². The number of nitro benzene ring substituents is 1. The van der Waals surface area contributed by atoms with Crippen molar-refractivity contribution in [2.75, 3.05) is 14.2 Å². The van der Waals surface area contributed by atoms with Crippen molar-refractivity contribution in [2.24, 2.45) is 0 Å². The van der Waals surface area contributed by atoms with E-state index in [0.717, 1.165) is 0 Å². The quantitative estimate of drug-likeness (QED) is 0.465. The van der Waals surface area contributed by atoms with Crippen LogP contribution in [0.1, 0.15) is 17.4 Å². The highest BCUT2D eigenvalue weighted by Gasteiger charge is 2.23. The molecule has 0 aliphatic carbocycles. The topological polar surface area (TPSA) is 61.6 Å². The van der Waals surface area contributed by atoms with Gasteiger partial charge >= 0.3 is 0 Å². The molecule has 0 heterocycles. The molecule has 0 saturated carbocycles. The molecule has 0 aliphatic heterocycles. The zero-order chi connectivity index (χ0) is 12.3. The summed E-state index contributed by atoms with van der Waals surface area (Å²) in [6.07, 6.45) is -0.793. The molecule has 0 spiro atoms. The van der Waals surface area contributed by atoms with Crippen LogP contribution in [-0.4, -0.2) is 19.1 Å². The molecule has 5 nitrogen and oxygen atoms in total. The number of rotatable bonds is 4. The van der Waals surface area contributed by atoms with E-state index in [4.69, 9.17) is 21.1 Å². The molecule has 88 valence electrons. The molecular weight excluding hydrogens is 234 g/mol. The highest BCUT2D eigenvalue weighted by molar-refractivity contribution is 6.31. The Labute approximate surface area is 98.1 Å².